The van der Waals surface area contributed by atoms with Crippen LogP contribution in [-0.4, -0.2) is 60.5 Å². The highest BCUT2D eigenvalue weighted by Crippen LogP contribution is 2.30. The molecule has 0 aliphatic carbocycles. The van der Waals surface area contributed by atoms with Crippen LogP contribution < -0.4 is 0 Å². The van der Waals surface area contributed by atoms with Gasteiger partial charge in [-0.3, -0.25) is 9.59 Å². The molecule has 0 saturated carbocycles. The number of hydrogen-bond acceptors (Lipinski definition) is 4. The van der Waals surface area contributed by atoms with E-state index in [1.54, 1.807) is 6.92 Å². The predicted molar refractivity (Wildman–Crippen MR) is 111 cm³/mol. The molecule has 1 saturated heterocycles. The monoisotopic (exact) mass is 471 g/mol. The average Bonchev–Trinajstić information content (AvgIpc) is 3.09. The minimum atomic E-state index is -4.55. The molecule has 1 aromatic heterocycles. The van der Waals surface area contributed by atoms with Gasteiger partial charge in [0.05, 0.1) is 10.5 Å². The molecule has 0 radical (unpaired) electrons. The van der Waals surface area contributed by atoms with Gasteiger partial charge in [0.1, 0.15) is 5.69 Å². The number of ketones is 1. The summed E-state index contributed by atoms with van der Waals surface area (Å²) in [5.74, 6) is -0.453. The van der Waals surface area contributed by atoms with E-state index in [0.717, 1.165) is 28.6 Å². The van der Waals surface area contributed by atoms with Gasteiger partial charge in [0.2, 0.25) is 10.0 Å². The fraction of sp³-hybridized carbons (Fsp3) is 0.429. The molecular formula is C21H24F3N3O4S. The Hall–Kier alpha value is -2.66. The number of Topliss-reactive ketones (excluding diaryl/α,β-unsaturated/α-hetero) is 1. The zero-order valence-electron chi connectivity index (χ0n) is 17.9. The Morgan fingerprint density at radius 1 is 1.06 bits per heavy atom. The lowest BCUT2D eigenvalue weighted by atomic mass is 10.0. The minimum Gasteiger partial charge on any atom is -0.354 e. The topological polar surface area (TPSA) is 90.6 Å². The van der Waals surface area contributed by atoms with E-state index in [0.29, 0.717) is 28.9 Å². The minimum absolute atomic E-state index is 0.00973. The fourth-order valence-electron chi connectivity index (χ4n) is 3.94. The number of aromatic amines is 1. The van der Waals surface area contributed by atoms with Crippen LogP contribution in [-0.2, 0) is 22.6 Å². The van der Waals surface area contributed by atoms with Gasteiger partial charge in [0.25, 0.3) is 5.91 Å². The number of H-pyrrole nitrogens is 1. The van der Waals surface area contributed by atoms with Gasteiger partial charge in [-0.25, -0.2) is 8.42 Å². The Bertz CT molecular complexity index is 1130. The number of nitrogens with one attached hydrogen (secondary N) is 1. The molecule has 2 heterocycles. The second kappa shape index (κ2) is 8.70. The summed E-state index contributed by atoms with van der Waals surface area (Å²) in [5, 5.41) is 0. The Kier molecular flexibility index (Phi) is 6.52. The smallest absolute Gasteiger partial charge is 0.354 e. The van der Waals surface area contributed by atoms with Gasteiger partial charge in [-0.1, -0.05) is 6.92 Å². The summed E-state index contributed by atoms with van der Waals surface area (Å²) in [7, 11) is -3.99. The molecule has 3 rings (SSSR count). The Morgan fingerprint density at radius 3 is 2.09 bits per heavy atom. The molecule has 0 unspecified atom stereocenters. The van der Waals surface area contributed by atoms with Crippen LogP contribution >= 0.6 is 0 Å². The fourth-order valence-corrected chi connectivity index (χ4v) is 5.37. The van der Waals surface area contributed by atoms with Gasteiger partial charge in [0, 0.05) is 37.4 Å². The quantitative estimate of drug-likeness (QED) is 0.678. The highest BCUT2D eigenvalue weighted by atomic mass is 32.2. The van der Waals surface area contributed by atoms with E-state index in [1.807, 2.05) is 6.92 Å². The first-order valence-electron chi connectivity index (χ1n) is 10.1. The molecule has 2 aromatic rings. The van der Waals surface area contributed by atoms with Crippen LogP contribution in [0.2, 0.25) is 0 Å². The van der Waals surface area contributed by atoms with Gasteiger partial charge in [-0.2, -0.15) is 17.5 Å². The lowest BCUT2D eigenvalue weighted by molar-refractivity contribution is -0.137. The largest absolute Gasteiger partial charge is 0.416 e. The maximum absolute atomic E-state index is 13.0. The van der Waals surface area contributed by atoms with Crippen LogP contribution in [0.1, 0.15) is 51.5 Å². The van der Waals surface area contributed by atoms with Crippen molar-refractivity contribution in [2.24, 2.45) is 0 Å². The first kappa shape index (κ1) is 24.0. The highest BCUT2D eigenvalue weighted by Gasteiger charge is 2.34. The van der Waals surface area contributed by atoms with Crippen LogP contribution in [0.3, 0.4) is 0 Å². The lowest BCUT2D eigenvalue weighted by Gasteiger charge is -2.34. The number of halogens is 3. The zero-order chi connectivity index (χ0) is 23.8. The SMILES string of the molecule is CCc1c(C(=O)N2CCN(S(=O)(=O)c3ccc(C(F)(F)F)cc3)CC2)[nH]c(C)c1C(C)=O. The number of aromatic nitrogens is 1. The number of sulfonamides is 1. The number of carbonyl (C=O) groups is 2. The number of hydrogen-bond donors (Lipinski definition) is 1. The normalized spacial score (nSPS) is 15.8. The van der Waals surface area contributed by atoms with Crippen molar-refractivity contribution >= 4 is 21.7 Å². The number of nitrogens with zero attached hydrogens (tertiary/aromatic N) is 2. The molecule has 1 N–H and O–H groups in total. The van der Waals surface area contributed by atoms with Gasteiger partial charge in [0.15, 0.2) is 5.78 Å². The van der Waals surface area contributed by atoms with Crippen molar-refractivity contribution < 1.29 is 31.2 Å². The highest BCUT2D eigenvalue weighted by molar-refractivity contribution is 7.89. The molecule has 11 heteroatoms. The van der Waals surface area contributed by atoms with Crippen molar-refractivity contribution in [2.75, 3.05) is 26.2 Å². The molecule has 1 aliphatic heterocycles. The van der Waals surface area contributed by atoms with Crippen molar-refractivity contribution in [1.82, 2.24) is 14.2 Å². The van der Waals surface area contributed by atoms with Crippen LogP contribution in [0.15, 0.2) is 29.2 Å². The van der Waals surface area contributed by atoms with E-state index in [-0.39, 0.29) is 42.8 Å². The Labute approximate surface area is 184 Å². The summed E-state index contributed by atoms with van der Waals surface area (Å²) in [6, 6.07) is 3.35. The van der Waals surface area contributed by atoms with Crippen molar-refractivity contribution in [1.29, 1.82) is 0 Å². The Morgan fingerprint density at radius 2 is 1.62 bits per heavy atom. The first-order chi connectivity index (χ1) is 14.9. The van der Waals surface area contributed by atoms with Crippen molar-refractivity contribution in [3.8, 4) is 0 Å². The number of piperazine rings is 1. The molecule has 7 nitrogen and oxygen atoms in total. The standard InChI is InChI=1S/C21H24F3N3O4S/c1-4-17-18(14(3)28)13(2)25-19(17)20(29)26-9-11-27(12-10-26)32(30,31)16-7-5-15(6-8-16)21(22,23)24/h5-8,25H,4,9-12H2,1-3H3. The third kappa shape index (κ3) is 4.44. The summed E-state index contributed by atoms with van der Waals surface area (Å²) in [5.41, 5.74) is 1.15. The van der Waals surface area contributed by atoms with Crippen molar-refractivity contribution in [3.63, 3.8) is 0 Å². The molecule has 32 heavy (non-hydrogen) atoms. The van der Waals surface area contributed by atoms with E-state index in [9.17, 15) is 31.2 Å². The maximum atomic E-state index is 13.0. The molecule has 1 amide bonds. The first-order valence-corrected chi connectivity index (χ1v) is 11.5. The second-order valence-electron chi connectivity index (χ2n) is 7.61. The van der Waals surface area contributed by atoms with Crippen LogP contribution in [0, 0.1) is 6.92 Å². The second-order valence-corrected chi connectivity index (χ2v) is 9.54. The van der Waals surface area contributed by atoms with Gasteiger partial charge < -0.3 is 9.88 Å². The van der Waals surface area contributed by atoms with Crippen molar-refractivity contribution in [3.05, 3.63) is 52.3 Å². The summed E-state index contributed by atoms with van der Waals surface area (Å²) < 4.78 is 65.0. The molecule has 0 spiro atoms. The molecule has 1 aliphatic rings. The van der Waals surface area contributed by atoms with Crippen molar-refractivity contribution in [2.45, 2.75) is 38.3 Å². The van der Waals surface area contributed by atoms with Gasteiger partial charge >= 0.3 is 6.18 Å². The summed E-state index contributed by atoms with van der Waals surface area (Å²) in [6.45, 7) is 5.27. The lowest BCUT2D eigenvalue weighted by Crippen LogP contribution is -2.50. The molecule has 1 fully saturated rings. The summed E-state index contributed by atoms with van der Waals surface area (Å²) in [4.78, 5) is 29.2. The predicted octanol–water partition coefficient (Wildman–Crippen LogP) is 3.25. The van der Waals surface area contributed by atoms with E-state index >= 15 is 0 Å². The van der Waals surface area contributed by atoms with Gasteiger partial charge in [-0.15, -0.1) is 0 Å². The zero-order valence-corrected chi connectivity index (χ0v) is 18.7. The average molecular weight is 472 g/mol. The number of benzene rings is 1. The number of aryl methyl sites for hydroxylation is 1. The molecule has 174 valence electrons. The van der Waals surface area contributed by atoms with Crippen LogP contribution in [0.4, 0.5) is 13.2 Å². The number of carbonyl (C=O) groups excluding carboxylic acids is 2. The summed E-state index contributed by atoms with van der Waals surface area (Å²) in [6.07, 6.45) is -4.06. The Balaban J connectivity index is 1.74. The number of amides is 1. The number of rotatable bonds is 5. The molecular weight excluding hydrogens is 447 g/mol. The van der Waals surface area contributed by atoms with Gasteiger partial charge in [-0.05, 0) is 50.1 Å². The molecule has 1 aromatic carbocycles. The van der Waals surface area contributed by atoms with E-state index < -0.39 is 21.8 Å². The van der Waals surface area contributed by atoms with Crippen LogP contribution in [0.5, 0.6) is 0 Å². The molecule has 0 bridgehead atoms. The summed E-state index contributed by atoms with van der Waals surface area (Å²) >= 11 is 0. The third-order valence-electron chi connectivity index (χ3n) is 5.56. The van der Waals surface area contributed by atoms with E-state index in [4.69, 9.17) is 0 Å². The number of alkyl halides is 3. The molecule has 0 atom stereocenters. The van der Waals surface area contributed by atoms with Crippen LogP contribution in [0.25, 0.3) is 0 Å². The maximum Gasteiger partial charge on any atom is 0.416 e. The third-order valence-corrected chi connectivity index (χ3v) is 7.47. The van der Waals surface area contributed by atoms with E-state index in [2.05, 4.69) is 4.98 Å². The van der Waals surface area contributed by atoms with E-state index in [1.165, 1.54) is 11.8 Å².